The van der Waals surface area contributed by atoms with E-state index in [1.807, 2.05) is 0 Å². The van der Waals surface area contributed by atoms with Gasteiger partial charge in [0.05, 0.1) is 0 Å². The van der Waals surface area contributed by atoms with Gasteiger partial charge in [-0.05, 0) is 42.9 Å². The van der Waals surface area contributed by atoms with Gasteiger partial charge in [0, 0.05) is 16.6 Å². The summed E-state index contributed by atoms with van der Waals surface area (Å²) in [5, 5.41) is 3.83. The zero-order valence-corrected chi connectivity index (χ0v) is 13.3. The monoisotopic (exact) mass is 309 g/mol. The van der Waals surface area contributed by atoms with E-state index in [9.17, 15) is 0 Å². The van der Waals surface area contributed by atoms with Crippen LogP contribution in [0.3, 0.4) is 0 Å². The molecule has 18 heavy (non-hydrogen) atoms. The molecule has 0 amide bonds. The smallest absolute Gasteiger partial charge is 0.0294 e. The van der Waals surface area contributed by atoms with E-state index in [0.29, 0.717) is 17.5 Å². The molecule has 1 nitrogen and oxygen atoms in total. The third-order valence-corrected chi connectivity index (χ3v) is 4.80. The van der Waals surface area contributed by atoms with Crippen molar-refractivity contribution < 1.29 is 0 Å². The summed E-state index contributed by atoms with van der Waals surface area (Å²) >= 11 is 3.55. The van der Waals surface area contributed by atoms with Crippen LogP contribution < -0.4 is 5.32 Å². The van der Waals surface area contributed by atoms with Gasteiger partial charge in [0.1, 0.15) is 0 Å². The highest BCUT2D eigenvalue weighted by atomic mass is 79.9. The van der Waals surface area contributed by atoms with Crippen molar-refractivity contribution in [2.24, 2.45) is 5.41 Å². The number of hydrogen-bond acceptors (Lipinski definition) is 1. The first-order valence-electron chi connectivity index (χ1n) is 7.00. The summed E-state index contributed by atoms with van der Waals surface area (Å²) in [6.45, 7) is 7.07. The van der Waals surface area contributed by atoms with Gasteiger partial charge >= 0.3 is 0 Å². The number of nitrogens with one attached hydrogen (secondary N) is 1. The molecule has 1 aliphatic carbocycles. The fraction of sp³-hybridized carbons (Fsp3) is 0.625. The van der Waals surface area contributed by atoms with Gasteiger partial charge in [-0.15, -0.1) is 0 Å². The Bertz CT molecular complexity index is 400. The minimum Gasteiger partial charge on any atom is -0.307 e. The maximum absolute atomic E-state index is 3.83. The van der Waals surface area contributed by atoms with Crippen LogP contribution in [0.2, 0.25) is 0 Å². The molecule has 1 aromatic rings. The van der Waals surface area contributed by atoms with Crippen molar-refractivity contribution >= 4 is 15.9 Å². The van der Waals surface area contributed by atoms with Crippen LogP contribution in [0.4, 0.5) is 0 Å². The first kappa shape index (κ1) is 14.1. The average Bonchev–Trinajstić information content (AvgIpc) is 2.31. The van der Waals surface area contributed by atoms with Crippen LogP contribution >= 0.6 is 15.9 Å². The molecule has 0 aliphatic heterocycles. The lowest BCUT2D eigenvalue weighted by atomic mass is 9.73. The normalized spacial score (nSPS) is 24.8. The van der Waals surface area contributed by atoms with Gasteiger partial charge in [-0.3, -0.25) is 0 Å². The molecule has 2 rings (SSSR count). The van der Waals surface area contributed by atoms with Crippen LogP contribution in [0.5, 0.6) is 0 Å². The van der Waals surface area contributed by atoms with E-state index in [2.05, 4.69) is 66.3 Å². The van der Waals surface area contributed by atoms with E-state index in [1.165, 1.54) is 31.2 Å². The molecule has 1 unspecified atom stereocenters. The van der Waals surface area contributed by atoms with Crippen molar-refractivity contribution in [3.05, 3.63) is 34.3 Å². The van der Waals surface area contributed by atoms with Crippen LogP contribution in [0.1, 0.15) is 58.1 Å². The van der Waals surface area contributed by atoms with E-state index in [0.717, 1.165) is 4.47 Å². The van der Waals surface area contributed by atoms with Crippen LogP contribution in [0.25, 0.3) is 0 Å². The SMILES string of the molecule is C[C@H](NC1CCCCC1(C)C)c1cccc(Br)c1. The lowest BCUT2D eigenvalue weighted by Crippen LogP contribution is -2.45. The molecule has 1 fully saturated rings. The van der Waals surface area contributed by atoms with Crippen molar-refractivity contribution in [2.75, 3.05) is 0 Å². The standard InChI is InChI=1S/C16H24BrN/c1-12(13-7-6-8-14(17)11-13)18-15-9-4-5-10-16(15,2)3/h6-8,11-12,15,18H,4-5,9-10H2,1-3H3/t12-,15?/m0/s1. The molecular formula is C16H24BrN. The van der Waals surface area contributed by atoms with Crippen molar-refractivity contribution in [1.29, 1.82) is 0 Å². The molecular weight excluding hydrogens is 286 g/mol. The number of halogens is 1. The molecule has 100 valence electrons. The summed E-state index contributed by atoms with van der Waals surface area (Å²) in [4.78, 5) is 0. The second kappa shape index (κ2) is 5.75. The number of hydrogen-bond donors (Lipinski definition) is 1. The van der Waals surface area contributed by atoms with E-state index < -0.39 is 0 Å². The van der Waals surface area contributed by atoms with Crippen LogP contribution in [-0.2, 0) is 0 Å². The molecule has 0 heterocycles. The second-order valence-corrected chi connectivity index (χ2v) is 7.15. The number of benzene rings is 1. The third kappa shape index (κ3) is 3.36. The molecule has 0 radical (unpaired) electrons. The topological polar surface area (TPSA) is 12.0 Å². The zero-order chi connectivity index (χ0) is 13.2. The highest BCUT2D eigenvalue weighted by Crippen LogP contribution is 2.36. The van der Waals surface area contributed by atoms with Gasteiger partial charge in [0.2, 0.25) is 0 Å². The van der Waals surface area contributed by atoms with Crippen LogP contribution in [-0.4, -0.2) is 6.04 Å². The molecule has 1 aromatic carbocycles. The van der Waals surface area contributed by atoms with Gasteiger partial charge in [-0.1, -0.05) is 54.8 Å². The van der Waals surface area contributed by atoms with Crippen molar-refractivity contribution in [3.63, 3.8) is 0 Å². The predicted octanol–water partition coefficient (Wildman–Crippen LogP) is 5.07. The van der Waals surface area contributed by atoms with E-state index in [1.54, 1.807) is 0 Å². The fourth-order valence-electron chi connectivity index (χ4n) is 2.98. The van der Waals surface area contributed by atoms with Crippen molar-refractivity contribution in [1.82, 2.24) is 5.32 Å². The van der Waals surface area contributed by atoms with Crippen molar-refractivity contribution in [3.8, 4) is 0 Å². The molecule has 1 saturated carbocycles. The molecule has 0 spiro atoms. The zero-order valence-electron chi connectivity index (χ0n) is 11.7. The molecule has 2 atom stereocenters. The fourth-order valence-corrected chi connectivity index (χ4v) is 3.39. The van der Waals surface area contributed by atoms with E-state index >= 15 is 0 Å². The average molecular weight is 310 g/mol. The molecule has 0 aromatic heterocycles. The first-order valence-corrected chi connectivity index (χ1v) is 7.80. The van der Waals surface area contributed by atoms with Gasteiger partial charge in [0.25, 0.3) is 0 Å². The largest absolute Gasteiger partial charge is 0.307 e. The number of rotatable bonds is 3. The van der Waals surface area contributed by atoms with Gasteiger partial charge in [-0.2, -0.15) is 0 Å². The lowest BCUT2D eigenvalue weighted by molar-refractivity contribution is 0.157. The third-order valence-electron chi connectivity index (χ3n) is 4.31. The van der Waals surface area contributed by atoms with Crippen LogP contribution in [0.15, 0.2) is 28.7 Å². The maximum atomic E-state index is 3.83. The molecule has 1 N–H and O–H groups in total. The van der Waals surface area contributed by atoms with Gasteiger partial charge in [0.15, 0.2) is 0 Å². The maximum Gasteiger partial charge on any atom is 0.0294 e. The quantitative estimate of drug-likeness (QED) is 0.822. The molecule has 0 bridgehead atoms. The summed E-state index contributed by atoms with van der Waals surface area (Å²) in [7, 11) is 0. The van der Waals surface area contributed by atoms with Gasteiger partial charge < -0.3 is 5.32 Å². The highest BCUT2D eigenvalue weighted by Gasteiger charge is 2.32. The Morgan fingerprint density at radius 1 is 1.33 bits per heavy atom. The Labute approximate surface area is 119 Å². The van der Waals surface area contributed by atoms with E-state index in [4.69, 9.17) is 0 Å². The minimum absolute atomic E-state index is 0.421. The van der Waals surface area contributed by atoms with Crippen LogP contribution in [0, 0.1) is 5.41 Å². The second-order valence-electron chi connectivity index (χ2n) is 6.23. The first-order chi connectivity index (χ1) is 8.49. The molecule has 0 saturated heterocycles. The Morgan fingerprint density at radius 3 is 2.78 bits per heavy atom. The summed E-state index contributed by atoms with van der Waals surface area (Å²) in [5.41, 5.74) is 1.80. The Kier molecular flexibility index (Phi) is 4.50. The Balaban J connectivity index is 2.04. The highest BCUT2D eigenvalue weighted by molar-refractivity contribution is 9.10. The molecule has 2 heteroatoms. The van der Waals surface area contributed by atoms with Gasteiger partial charge in [-0.25, -0.2) is 0 Å². The summed E-state index contributed by atoms with van der Waals surface area (Å²) in [6, 6.07) is 9.68. The summed E-state index contributed by atoms with van der Waals surface area (Å²) < 4.78 is 1.16. The minimum atomic E-state index is 0.421. The summed E-state index contributed by atoms with van der Waals surface area (Å²) in [6.07, 6.45) is 5.41. The predicted molar refractivity (Wildman–Crippen MR) is 81.7 cm³/mol. The Hall–Kier alpha value is -0.340. The van der Waals surface area contributed by atoms with Crippen molar-refractivity contribution in [2.45, 2.75) is 58.5 Å². The lowest BCUT2D eigenvalue weighted by Gasteiger charge is -2.41. The molecule has 1 aliphatic rings. The Morgan fingerprint density at radius 2 is 2.11 bits per heavy atom. The summed E-state index contributed by atoms with van der Waals surface area (Å²) in [5.74, 6) is 0. The van der Waals surface area contributed by atoms with E-state index in [-0.39, 0.29) is 0 Å².